The van der Waals surface area contributed by atoms with E-state index in [0.29, 0.717) is 24.8 Å². The molecular weight excluding hydrogens is 248 g/mol. The van der Waals surface area contributed by atoms with Crippen molar-refractivity contribution in [3.05, 3.63) is 11.7 Å². The number of alkyl carbamates (subject to hydrolysis) is 1. The number of hydrogen-bond donors (Lipinski definition) is 2. The quantitative estimate of drug-likeness (QED) is 0.759. The van der Waals surface area contributed by atoms with E-state index in [0.717, 1.165) is 13.0 Å². The van der Waals surface area contributed by atoms with Gasteiger partial charge in [-0.1, -0.05) is 5.16 Å². The summed E-state index contributed by atoms with van der Waals surface area (Å²) in [6.45, 7) is 9.12. The van der Waals surface area contributed by atoms with Gasteiger partial charge in [-0.3, -0.25) is 0 Å². The summed E-state index contributed by atoms with van der Waals surface area (Å²) < 4.78 is 10.1. The first-order valence-electron chi connectivity index (χ1n) is 6.33. The van der Waals surface area contributed by atoms with Crippen LogP contribution in [-0.2, 0) is 11.3 Å². The van der Waals surface area contributed by atoms with Crippen LogP contribution in [0.25, 0.3) is 0 Å². The molecule has 1 amide bonds. The Kier molecular flexibility index (Phi) is 5.75. The molecule has 2 N–H and O–H groups in total. The molecule has 0 saturated heterocycles. The lowest BCUT2D eigenvalue weighted by molar-refractivity contribution is 0.0527. The van der Waals surface area contributed by atoms with Crippen molar-refractivity contribution >= 4 is 6.09 Å². The van der Waals surface area contributed by atoms with Crippen LogP contribution >= 0.6 is 0 Å². The van der Waals surface area contributed by atoms with Gasteiger partial charge in [-0.15, -0.1) is 0 Å². The van der Waals surface area contributed by atoms with Crippen molar-refractivity contribution in [2.75, 3.05) is 13.1 Å². The van der Waals surface area contributed by atoms with Crippen molar-refractivity contribution in [1.82, 2.24) is 20.8 Å². The highest BCUT2D eigenvalue weighted by atomic mass is 16.6. The number of rotatable bonds is 6. The van der Waals surface area contributed by atoms with Crippen LogP contribution in [0.2, 0.25) is 0 Å². The predicted molar refractivity (Wildman–Crippen MR) is 69.6 cm³/mol. The second-order valence-corrected chi connectivity index (χ2v) is 5.19. The van der Waals surface area contributed by atoms with Crippen LogP contribution in [0.1, 0.15) is 38.9 Å². The van der Waals surface area contributed by atoms with Crippen LogP contribution in [0.3, 0.4) is 0 Å². The number of nitrogens with one attached hydrogen (secondary N) is 2. The first-order chi connectivity index (χ1) is 8.87. The number of ether oxygens (including phenoxy) is 1. The number of carbonyl (C=O) groups is 1. The zero-order valence-electron chi connectivity index (χ0n) is 11.9. The van der Waals surface area contributed by atoms with Crippen LogP contribution in [0.15, 0.2) is 4.52 Å². The summed E-state index contributed by atoms with van der Waals surface area (Å²) in [5.74, 6) is 1.20. The first-order valence-corrected chi connectivity index (χ1v) is 6.33. The molecule has 0 aliphatic carbocycles. The molecule has 7 nitrogen and oxygen atoms in total. The molecule has 7 heteroatoms. The van der Waals surface area contributed by atoms with Gasteiger partial charge in [0, 0.05) is 6.54 Å². The van der Waals surface area contributed by atoms with Crippen LogP contribution in [-0.4, -0.2) is 34.9 Å². The van der Waals surface area contributed by atoms with Crippen molar-refractivity contribution in [3.8, 4) is 0 Å². The minimum Gasteiger partial charge on any atom is -0.444 e. The SMILES string of the molecule is Cc1noc(CNCCCNC(=O)OC(C)(C)C)n1. The Labute approximate surface area is 113 Å². The van der Waals surface area contributed by atoms with Gasteiger partial charge in [-0.05, 0) is 40.7 Å². The van der Waals surface area contributed by atoms with Crippen LogP contribution < -0.4 is 10.6 Å². The highest BCUT2D eigenvalue weighted by molar-refractivity contribution is 5.67. The molecule has 108 valence electrons. The van der Waals surface area contributed by atoms with E-state index >= 15 is 0 Å². The molecule has 19 heavy (non-hydrogen) atoms. The molecule has 1 heterocycles. The Morgan fingerprint density at radius 1 is 1.37 bits per heavy atom. The molecular formula is C12H22N4O3. The van der Waals surface area contributed by atoms with E-state index in [2.05, 4.69) is 20.8 Å². The molecule has 0 radical (unpaired) electrons. The standard InChI is InChI=1S/C12H22N4O3/c1-9-15-10(19-16-9)8-13-6-5-7-14-11(17)18-12(2,3)4/h13H,5-8H2,1-4H3,(H,14,17). The maximum Gasteiger partial charge on any atom is 0.407 e. The Balaban J connectivity index is 2.01. The smallest absolute Gasteiger partial charge is 0.407 e. The molecule has 0 bridgehead atoms. The van der Waals surface area contributed by atoms with E-state index in [1.165, 1.54) is 0 Å². The molecule has 0 atom stereocenters. The number of hydrogen-bond acceptors (Lipinski definition) is 6. The second-order valence-electron chi connectivity index (χ2n) is 5.19. The summed E-state index contributed by atoms with van der Waals surface area (Å²) in [5, 5.41) is 9.53. The summed E-state index contributed by atoms with van der Waals surface area (Å²) in [6.07, 6.45) is 0.409. The average Bonchev–Trinajstić information content (AvgIpc) is 2.67. The summed E-state index contributed by atoms with van der Waals surface area (Å²) in [6, 6.07) is 0. The van der Waals surface area contributed by atoms with Crippen molar-refractivity contribution in [2.24, 2.45) is 0 Å². The van der Waals surface area contributed by atoms with Gasteiger partial charge in [0.2, 0.25) is 5.89 Å². The van der Waals surface area contributed by atoms with Gasteiger partial charge in [0.1, 0.15) is 5.60 Å². The molecule has 0 aliphatic rings. The molecule has 1 rings (SSSR count). The topological polar surface area (TPSA) is 89.3 Å². The van der Waals surface area contributed by atoms with Crippen molar-refractivity contribution in [1.29, 1.82) is 0 Å². The third-order valence-corrected chi connectivity index (χ3v) is 2.04. The molecule has 1 aromatic heterocycles. The van der Waals surface area contributed by atoms with E-state index in [-0.39, 0.29) is 6.09 Å². The van der Waals surface area contributed by atoms with Gasteiger partial charge in [0.05, 0.1) is 6.54 Å². The number of aromatic nitrogens is 2. The van der Waals surface area contributed by atoms with E-state index < -0.39 is 5.60 Å². The van der Waals surface area contributed by atoms with Crippen molar-refractivity contribution < 1.29 is 14.1 Å². The van der Waals surface area contributed by atoms with Gasteiger partial charge < -0.3 is 19.9 Å². The molecule has 0 saturated carbocycles. The summed E-state index contributed by atoms with van der Waals surface area (Å²) in [5.41, 5.74) is -0.460. The van der Waals surface area contributed by atoms with Gasteiger partial charge in [-0.2, -0.15) is 4.98 Å². The minimum absolute atomic E-state index is 0.389. The largest absolute Gasteiger partial charge is 0.444 e. The molecule has 0 fully saturated rings. The normalized spacial score (nSPS) is 11.4. The lowest BCUT2D eigenvalue weighted by Gasteiger charge is -2.19. The lowest BCUT2D eigenvalue weighted by atomic mass is 10.2. The third-order valence-electron chi connectivity index (χ3n) is 2.04. The third kappa shape index (κ3) is 7.40. The van der Waals surface area contributed by atoms with Crippen LogP contribution in [0.4, 0.5) is 4.79 Å². The second kappa shape index (κ2) is 7.08. The maximum atomic E-state index is 11.3. The number of amides is 1. The Bertz CT molecular complexity index is 398. The van der Waals surface area contributed by atoms with Gasteiger partial charge >= 0.3 is 6.09 Å². The Morgan fingerprint density at radius 2 is 2.11 bits per heavy atom. The number of nitrogens with zero attached hydrogens (tertiary/aromatic N) is 2. The molecule has 0 unspecified atom stereocenters. The fraction of sp³-hybridized carbons (Fsp3) is 0.750. The van der Waals surface area contributed by atoms with Gasteiger partial charge in [0.25, 0.3) is 0 Å². The maximum absolute atomic E-state index is 11.3. The summed E-state index contributed by atoms with van der Waals surface area (Å²) >= 11 is 0. The summed E-state index contributed by atoms with van der Waals surface area (Å²) in [4.78, 5) is 15.4. The number of carbonyl (C=O) groups excluding carboxylic acids is 1. The predicted octanol–water partition coefficient (Wildman–Crippen LogP) is 1.38. The minimum atomic E-state index is -0.460. The first kappa shape index (κ1) is 15.4. The van der Waals surface area contributed by atoms with E-state index in [1.807, 2.05) is 20.8 Å². The van der Waals surface area contributed by atoms with Crippen LogP contribution in [0.5, 0.6) is 0 Å². The fourth-order valence-corrected chi connectivity index (χ4v) is 1.33. The monoisotopic (exact) mass is 270 g/mol. The van der Waals surface area contributed by atoms with E-state index in [4.69, 9.17) is 9.26 Å². The van der Waals surface area contributed by atoms with Crippen molar-refractivity contribution in [2.45, 2.75) is 46.3 Å². The van der Waals surface area contributed by atoms with E-state index in [9.17, 15) is 4.79 Å². The lowest BCUT2D eigenvalue weighted by Crippen LogP contribution is -2.33. The van der Waals surface area contributed by atoms with Crippen LogP contribution in [0, 0.1) is 6.92 Å². The summed E-state index contributed by atoms with van der Waals surface area (Å²) in [7, 11) is 0. The van der Waals surface area contributed by atoms with Gasteiger partial charge in [0.15, 0.2) is 5.82 Å². The zero-order chi connectivity index (χ0) is 14.3. The molecule has 1 aromatic rings. The fourth-order valence-electron chi connectivity index (χ4n) is 1.33. The number of aryl methyl sites for hydroxylation is 1. The Morgan fingerprint density at radius 3 is 2.68 bits per heavy atom. The average molecular weight is 270 g/mol. The highest BCUT2D eigenvalue weighted by Crippen LogP contribution is 2.06. The molecule has 0 aliphatic heterocycles. The van der Waals surface area contributed by atoms with E-state index in [1.54, 1.807) is 6.92 Å². The Hall–Kier alpha value is -1.63. The molecule has 0 spiro atoms. The van der Waals surface area contributed by atoms with Gasteiger partial charge in [-0.25, -0.2) is 4.79 Å². The molecule has 0 aromatic carbocycles. The van der Waals surface area contributed by atoms with Crippen molar-refractivity contribution in [3.63, 3.8) is 0 Å². The highest BCUT2D eigenvalue weighted by Gasteiger charge is 2.15. The zero-order valence-corrected chi connectivity index (χ0v) is 11.9.